The van der Waals surface area contributed by atoms with E-state index in [-0.39, 0.29) is 0 Å². The van der Waals surface area contributed by atoms with Crippen molar-refractivity contribution in [1.29, 1.82) is 0 Å². The molecule has 0 aliphatic rings. The molecule has 0 saturated carbocycles. The molecule has 3 heteroatoms. The molecule has 0 aliphatic heterocycles. The van der Waals surface area contributed by atoms with Crippen molar-refractivity contribution in [3.63, 3.8) is 0 Å². The summed E-state index contributed by atoms with van der Waals surface area (Å²) in [6, 6.07) is 12.7. The summed E-state index contributed by atoms with van der Waals surface area (Å²) >= 11 is 0. The van der Waals surface area contributed by atoms with Crippen LogP contribution in [-0.4, -0.2) is 15.9 Å². The van der Waals surface area contributed by atoms with Gasteiger partial charge in [0.15, 0.2) is 0 Å². The minimum Gasteiger partial charge on any atom is -0.330 e. The second-order valence-electron chi connectivity index (χ2n) is 5.20. The number of hydrogen-bond acceptors (Lipinski definition) is 2. The molecular formula is C17H19N3. The van der Waals surface area contributed by atoms with Gasteiger partial charge in [0.25, 0.3) is 0 Å². The Morgan fingerprint density at radius 3 is 2.55 bits per heavy atom. The molecule has 0 bridgehead atoms. The van der Waals surface area contributed by atoms with E-state index in [1.807, 2.05) is 0 Å². The number of rotatable bonds is 3. The topological polar surface area (TPSA) is 43.3 Å². The number of aryl methyl sites for hydroxylation is 2. The summed E-state index contributed by atoms with van der Waals surface area (Å²) in [5.41, 5.74) is 12.6. The fraction of sp³-hybridized carbons (Fsp3) is 0.235. The molecule has 0 radical (unpaired) electrons. The van der Waals surface area contributed by atoms with Gasteiger partial charge >= 0.3 is 0 Å². The largest absolute Gasteiger partial charge is 0.330 e. The van der Waals surface area contributed by atoms with Crippen LogP contribution in [0.1, 0.15) is 16.8 Å². The fourth-order valence-corrected chi connectivity index (χ4v) is 2.58. The first kappa shape index (κ1) is 12.9. The monoisotopic (exact) mass is 265 g/mol. The second-order valence-corrected chi connectivity index (χ2v) is 5.20. The van der Waals surface area contributed by atoms with Crippen LogP contribution in [0.25, 0.3) is 16.9 Å². The quantitative estimate of drug-likeness (QED) is 0.790. The molecule has 102 valence electrons. The van der Waals surface area contributed by atoms with Gasteiger partial charge in [0.1, 0.15) is 5.65 Å². The minimum absolute atomic E-state index is 0.613. The van der Waals surface area contributed by atoms with E-state index >= 15 is 0 Å². The fourth-order valence-electron chi connectivity index (χ4n) is 2.58. The zero-order valence-electron chi connectivity index (χ0n) is 11.9. The molecule has 3 aromatic rings. The number of nitrogens with zero attached hydrogens (tertiary/aromatic N) is 2. The highest BCUT2D eigenvalue weighted by atomic mass is 15.0. The summed E-state index contributed by atoms with van der Waals surface area (Å²) in [7, 11) is 0. The molecule has 0 unspecified atom stereocenters. The Morgan fingerprint density at radius 2 is 1.85 bits per heavy atom. The van der Waals surface area contributed by atoms with E-state index < -0.39 is 0 Å². The van der Waals surface area contributed by atoms with E-state index in [1.165, 1.54) is 16.7 Å². The Hall–Kier alpha value is -2.13. The van der Waals surface area contributed by atoms with Crippen molar-refractivity contribution in [1.82, 2.24) is 9.38 Å². The van der Waals surface area contributed by atoms with Crippen LogP contribution >= 0.6 is 0 Å². The maximum absolute atomic E-state index is 5.74. The van der Waals surface area contributed by atoms with Gasteiger partial charge in [0.2, 0.25) is 0 Å². The lowest BCUT2D eigenvalue weighted by molar-refractivity contribution is 0.939. The van der Waals surface area contributed by atoms with E-state index in [9.17, 15) is 0 Å². The standard InChI is InChI=1S/C17H19N3/c1-12-5-7-14(8-6-12)16-15(9-10-18)19-17-13(2)4-3-11-20(16)17/h3-8,11H,9-10,18H2,1-2H3. The Labute approximate surface area is 119 Å². The van der Waals surface area contributed by atoms with Gasteiger partial charge in [-0.2, -0.15) is 0 Å². The van der Waals surface area contributed by atoms with E-state index in [4.69, 9.17) is 10.7 Å². The molecule has 0 aliphatic carbocycles. The van der Waals surface area contributed by atoms with Crippen molar-refractivity contribution in [2.24, 2.45) is 5.73 Å². The van der Waals surface area contributed by atoms with Gasteiger partial charge in [-0.05, 0) is 32.0 Å². The van der Waals surface area contributed by atoms with Crippen LogP contribution in [0.4, 0.5) is 0 Å². The van der Waals surface area contributed by atoms with Crippen LogP contribution in [0.15, 0.2) is 42.6 Å². The molecule has 2 aromatic heterocycles. The average molecular weight is 265 g/mol. The summed E-state index contributed by atoms with van der Waals surface area (Å²) in [5, 5.41) is 0. The van der Waals surface area contributed by atoms with Crippen LogP contribution < -0.4 is 5.73 Å². The normalized spacial score (nSPS) is 11.2. The van der Waals surface area contributed by atoms with Crippen molar-refractivity contribution in [3.8, 4) is 11.3 Å². The Bertz CT molecular complexity index is 739. The minimum atomic E-state index is 0.613. The first-order chi connectivity index (χ1) is 9.70. The average Bonchev–Trinajstić information content (AvgIpc) is 2.80. The zero-order valence-corrected chi connectivity index (χ0v) is 11.9. The van der Waals surface area contributed by atoms with Crippen LogP contribution in [-0.2, 0) is 6.42 Å². The zero-order chi connectivity index (χ0) is 14.1. The molecule has 0 spiro atoms. The highest BCUT2D eigenvalue weighted by molar-refractivity contribution is 5.69. The summed E-state index contributed by atoms with van der Waals surface area (Å²) in [6.45, 7) is 4.80. The van der Waals surface area contributed by atoms with Gasteiger partial charge in [-0.1, -0.05) is 35.9 Å². The van der Waals surface area contributed by atoms with Gasteiger partial charge < -0.3 is 5.73 Å². The maximum Gasteiger partial charge on any atom is 0.140 e. The van der Waals surface area contributed by atoms with Gasteiger partial charge in [0, 0.05) is 18.2 Å². The Balaban J connectivity index is 2.28. The van der Waals surface area contributed by atoms with Crippen LogP contribution in [0, 0.1) is 13.8 Å². The molecule has 0 saturated heterocycles. The van der Waals surface area contributed by atoms with Gasteiger partial charge in [-0.25, -0.2) is 4.98 Å². The lowest BCUT2D eigenvalue weighted by Gasteiger charge is -2.06. The number of imidazole rings is 1. The van der Waals surface area contributed by atoms with Crippen LogP contribution in [0.2, 0.25) is 0 Å². The number of hydrogen-bond donors (Lipinski definition) is 1. The number of aromatic nitrogens is 2. The molecule has 2 heterocycles. The van der Waals surface area contributed by atoms with E-state index in [0.717, 1.165) is 23.5 Å². The van der Waals surface area contributed by atoms with Gasteiger partial charge in [0.05, 0.1) is 11.4 Å². The highest BCUT2D eigenvalue weighted by Gasteiger charge is 2.14. The predicted molar refractivity (Wildman–Crippen MR) is 82.9 cm³/mol. The number of pyridine rings is 1. The lowest BCUT2D eigenvalue weighted by atomic mass is 10.1. The van der Waals surface area contributed by atoms with Crippen molar-refractivity contribution < 1.29 is 0 Å². The number of benzene rings is 1. The summed E-state index contributed by atoms with van der Waals surface area (Å²) in [6.07, 6.45) is 2.87. The van der Waals surface area contributed by atoms with E-state index in [1.54, 1.807) is 0 Å². The molecule has 3 nitrogen and oxygen atoms in total. The van der Waals surface area contributed by atoms with Gasteiger partial charge in [-0.3, -0.25) is 4.40 Å². The predicted octanol–water partition coefficient (Wildman–Crippen LogP) is 3.12. The summed E-state index contributed by atoms with van der Waals surface area (Å²) in [5.74, 6) is 0. The Morgan fingerprint density at radius 1 is 1.10 bits per heavy atom. The Kier molecular flexibility index (Phi) is 3.28. The third kappa shape index (κ3) is 2.10. The lowest BCUT2D eigenvalue weighted by Crippen LogP contribution is -2.04. The molecule has 20 heavy (non-hydrogen) atoms. The van der Waals surface area contributed by atoms with E-state index in [0.29, 0.717) is 6.54 Å². The highest BCUT2D eigenvalue weighted by Crippen LogP contribution is 2.27. The molecule has 0 atom stereocenters. The second kappa shape index (κ2) is 5.10. The molecule has 3 rings (SSSR count). The third-order valence-electron chi connectivity index (χ3n) is 3.62. The maximum atomic E-state index is 5.74. The molecule has 1 aromatic carbocycles. The van der Waals surface area contributed by atoms with E-state index in [2.05, 4.69) is 60.8 Å². The molecular weight excluding hydrogens is 246 g/mol. The number of fused-ring (bicyclic) bond motifs is 1. The van der Waals surface area contributed by atoms with Crippen LogP contribution in [0.5, 0.6) is 0 Å². The van der Waals surface area contributed by atoms with Crippen molar-refractivity contribution in [2.45, 2.75) is 20.3 Å². The van der Waals surface area contributed by atoms with Crippen molar-refractivity contribution in [2.75, 3.05) is 6.54 Å². The third-order valence-corrected chi connectivity index (χ3v) is 3.62. The molecule has 0 amide bonds. The summed E-state index contributed by atoms with van der Waals surface area (Å²) in [4.78, 5) is 4.78. The van der Waals surface area contributed by atoms with Crippen LogP contribution in [0.3, 0.4) is 0 Å². The molecule has 0 fully saturated rings. The van der Waals surface area contributed by atoms with Crippen molar-refractivity contribution in [3.05, 3.63) is 59.4 Å². The van der Waals surface area contributed by atoms with Gasteiger partial charge in [-0.15, -0.1) is 0 Å². The first-order valence-corrected chi connectivity index (χ1v) is 6.94. The smallest absolute Gasteiger partial charge is 0.140 e. The number of nitrogens with two attached hydrogens (primary N) is 1. The van der Waals surface area contributed by atoms with Crippen molar-refractivity contribution >= 4 is 5.65 Å². The SMILES string of the molecule is Cc1ccc(-c2c(CCN)nc3c(C)cccn23)cc1. The molecule has 2 N–H and O–H groups in total. The first-order valence-electron chi connectivity index (χ1n) is 6.94. The summed E-state index contributed by atoms with van der Waals surface area (Å²) < 4.78 is 2.17.